The third-order valence-corrected chi connectivity index (χ3v) is 21.5. The molecule has 12 atom stereocenters. The summed E-state index contributed by atoms with van der Waals surface area (Å²) in [5, 5.41) is 90.7. The summed E-state index contributed by atoms with van der Waals surface area (Å²) in [6.07, 6.45) is 7.85. The van der Waals surface area contributed by atoms with E-state index in [1.807, 2.05) is 235 Å². The first-order valence-corrected chi connectivity index (χ1v) is 39.9. The van der Waals surface area contributed by atoms with Crippen molar-refractivity contribution in [1.29, 1.82) is 0 Å². The number of hydrogen-bond donors (Lipinski definition) is 8. The highest BCUT2D eigenvalue weighted by Crippen LogP contribution is 2.38. The third kappa shape index (κ3) is 22.1. The van der Waals surface area contributed by atoms with E-state index in [9.17, 15) is 53.7 Å². The van der Waals surface area contributed by atoms with Crippen LogP contribution in [0.4, 0.5) is 14.5 Å². The molecule has 0 saturated carbocycles. The fourth-order valence-electron chi connectivity index (χ4n) is 14.9. The van der Waals surface area contributed by atoms with Crippen LogP contribution in [0, 0.1) is 75.1 Å². The number of aromatic nitrogens is 8. The molecule has 16 rings (SSSR count). The average molecular weight is 1670 g/mol. The zero-order valence-electron chi connectivity index (χ0n) is 70.7. The highest BCUT2D eigenvalue weighted by Gasteiger charge is 2.39. The van der Waals surface area contributed by atoms with Crippen molar-refractivity contribution in [2.24, 2.45) is 0 Å². The first-order chi connectivity index (χ1) is 56.7. The molecule has 648 valence electrons. The molecule has 4 unspecified atom stereocenters. The van der Waals surface area contributed by atoms with Gasteiger partial charge >= 0.3 is 0 Å². The Bertz CT molecular complexity index is 5850. The van der Waals surface area contributed by atoms with E-state index in [1.54, 1.807) is 30.7 Å². The van der Waals surface area contributed by atoms with Crippen LogP contribution in [-0.4, -0.2) is 158 Å². The number of imidazole rings is 2. The Kier molecular flexibility index (Phi) is 31.2. The molecular formula is C93H115F2N9O17. The number of aryl methyl sites for hydroxylation is 6. The van der Waals surface area contributed by atoms with Crippen LogP contribution in [0.25, 0.3) is 54.4 Å². The number of hydrogen-bond acceptors (Lipinski definition) is 19. The molecule has 0 radical (unpaired) electrons. The van der Waals surface area contributed by atoms with E-state index in [2.05, 4.69) is 21.8 Å². The number of rotatable bonds is 9. The number of aliphatic hydroxyl groups excluding tert-OH is 8. The van der Waals surface area contributed by atoms with Crippen molar-refractivity contribution in [2.75, 3.05) is 26.4 Å². The monoisotopic (exact) mass is 1670 g/mol. The highest BCUT2D eigenvalue weighted by atomic mass is 19.1. The molecule has 0 spiro atoms. The number of ether oxygens (including phenoxy) is 4. The van der Waals surface area contributed by atoms with Crippen LogP contribution in [-0.2, 0) is 35.6 Å². The second-order valence-corrected chi connectivity index (χ2v) is 33.6. The topological polar surface area (TPSA) is 348 Å². The Balaban J connectivity index is 0.000000161. The van der Waals surface area contributed by atoms with Gasteiger partial charge in [-0.05, 0) is 192 Å². The van der Waals surface area contributed by atoms with Gasteiger partial charge in [-0.15, -0.1) is 5.92 Å². The molecule has 4 aliphatic heterocycles. The Morgan fingerprint density at radius 3 is 1.56 bits per heavy atom. The molecule has 26 nitrogen and oxygen atoms in total. The van der Waals surface area contributed by atoms with E-state index in [-0.39, 0.29) is 97.3 Å². The van der Waals surface area contributed by atoms with Crippen LogP contribution < -0.4 is 16.7 Å². The van der Waals surface area contributed by atoms with Gasteiger partial charge in [0.1, 0.15) is 54.7 Å². The summed E-state index contributed by atoms with van der Waals surface area (Å²) in [4.78, 5) is 56.0. The Labute approximate surface area is 702 Å². The van der Waals surface area contributed by atoms with Crippen molar-refractivity contribution >= 4 is 60.1 Å². The smallest absolute Gasteiger partial charge is 0.271 e. The van der Waals surface area contributed by atoms with Crippen LogP contribution in [0.5, 0.6) is 0 Å². The van der Waals surface area contributed by atoms with Gasteiger partial charge in [-0.3, -0.25) is 24.5 Å². The lowest BCUT2D eigenvalue weighted by molar-refractivity contribution is -0.384. The van der Waals surface area contributed by atoms with E-state index in [0.717, 1.165) is 77.2 Å². The number of halogens is 2. The van der Waals surface area contributed by atoms with Gasteiger partial charge in [0.25, 0.3) is 22.4 Å². The lowest BCUT2D eigenvalue weighted by atomic mass is 10.0. The van der Waals surface area contributed by atoms with Gasteiger partial charge in [0.05, 0.1) is 107 Å². The van der Waals surface area contributed by atoms with Crippen LogP contribution in [0.1, 0.15) is 172 Å². The molecule has 4 saturated heterocycles. The van der Waals surface area contributed by atoms with Crippen molar-refractivity contribution in [2.45, 2.75) is 234 Å². The number of non-ortho nitro benzene ring substituents is 1. The summed E-state index contributed by atoms with van der Waals surface area (Å²) in [6.45, 7) is 30.8. The number of pyridine rings is 3. The number of fused-ring (bicyclic) bond motifs is 5. The fraction of sp³-hybridized carbons (Fsp3) is 0.430. The minimum Gasteiger partial charge on any atom is -0.394 e. The molecule has 0 bridgehead atoms. The fourth-order valence-corrected chi connectivity index (χ4v) is 14.9. The average Bonchev–Trinajstić information content (AvgIpc) is 1.61. The quantitative estimate of drug-likeness (QED) is 0.0378. The lowest BCUT2D eigenvalue weighted by Gasteiger charge is -2.23. The molecule has 4 fully saturated rings. The number of nitro groups is 1. The second-order valence-electron chi connectivity index (χ2n) is 33.6. The Morgan fingerprint density at radius 2 is 1.01 bits per heavy atom. The van der Waals surface area contributed by atoms with Gasteiger partial charge in [-0.1, -0.05) is 79.6 Å². The number of para-hydroxylation sites is 1. The van der Waals surface area contributed by atoms with Gasteiger partial charge in [-0.25, -0.2) is 18.7 Å². The SMILES string of the molecule is C.CC#Cc1cn(C(C)(C)C)c(=O)c2c(C)cccc12.Cc1cc([C@H]2CC(O)[C@@H](CO)O2)c(F)cc1F.Cc1ccc2c(=O)n(C(C)(C)C)ccc2c1.Cc1cccc2c1ncn2[C@H]1CC(O)[C@@H](CO)O1.Cc1cccc2ccn(C(C)(C)C)c(=O)c12.Cc1ccn([C@H]2CC(O)[C@@H](CO)O2)c1.O=[N+]([O-])c1ccc2c(c1)ncn2[C@H]1CC(O)[C@@H](CO)O1. The van der Waals surface area contributed by atoms with E-state index in [1.165, 1.54) is 37.0 Å². The molecule has 4 aliphatic rings. The van der Waals surface area contributed by atoms with Crippen LogP contribution >= 0.6 is 0 Å². The zero-order chi connectivity index (χ0) is 87.7. The number of nitro benzene ring substituents is 1. The predicted molar refractivity (Wildman–Crippen MR) is 464 cm³/mol. The zero-order valence-corrected chi connectivity index (χ0v) is 70.7. The number of benzene rings is 6. The minimum atomic E-state index is -0.824. The third-order valence-electron chi connectivity index (χ3n) is 21.5. The summed E-state index contributed by atoms with van der Waals surface area (Å²) in [6, 6.07) is 36.4. The first kappa shape index (κ1) is 94.4. The molecular weight excluding hydrogens is 1550 g/mol. The maximum Gasteiger partial charge on any atom is 0.271 e. The van der Waals surface area contributed by atoms with Gasteiger partial charge in [0.15, 0.2) is 0 Å². The van der Waals surface area contributed by atoms with Crippen LogP contribution in [0.15, 0.2) is 179 Å². The van der Waals surface area contributed by atoms with Crippen molar-refractivity contribution in [3.8, 4) is 11.8 Å². The van der Waals surface area contributed by atoms with Crippen molar-refractivity contribution in [3.05, 3.63) is 262 Å². The standard InChI is InChI=1S/C17H19NO.2C14H17NO.C13H16N2O3.C12H14F2O3.C12H13N3O5.C10H15NO3.CH4/c1-6-8-13-11-18(17(3,4)5)16(19)15-12(2)9-7-10-14(13)15;1-10-5-6-12-11(9-10)7-8-15(13(12)16)14(2,3)4;1-10-6-5-7-11-8-9-15(14(2,3)4)13(16)12(10)11;1-8-3-2-4-9-13(8)14-7-15(9)12-5-10(17)11(6-16)18-12;1-6-2-7(9(14)3-8(6)13)11-4-10(16)12(5-15)17-11;16-5-11-10(17)4-12(20-11)14-6-13-8-3-7(15(18)19)1-2-9(8)14;1-7-2-3-11(5-7)10-4-8(13)9(6-12)14-10;/h7,9-11H,1-5H3;2*5-9H,1-4H3;2-4,7,10-12,16-17H,5-6H2,1H3;2-3,10-12,15-16H,4-5H2,1H3;1-3,6,10-12,16-17H,4-5H2;2-3,5,8-10,12-13H,4,6H2,1H3;1H4/t;;;3*10?,11-,12-;8?,9-,10-;/m...1111./s1. The molecule has 8 N–H and O–H groups in total. The van der Waals surface area contributed by atoms with Gasteiger partial charge in [0.2, 0.25) is 0 Å². The minimum absolute atomic E-state index is 0. The molecule has 28 heteroatoms. The largest absolute Gasteiger partial charge is 0.394 e. The summed E-state index contributed by atoms with van der Waals surface area (Å²) in [5.41, 5.74) is 9.70. The molecule has 0 aliphatic carbocycles. The summed E-state index contributed by atoms with van der Waals surface area (Å²) >= 11 is 0. The van der Waals surface area contributed by atoms with Crippen LogP contribution in [0.3, 0.4) is 0 Å². The van der Waals surface area contributed by atoms with E-state index in [4.69, 9.17) is 39.4 Å². The molecule has 0 amide bonds. The molecule has 12 aromatic rings. The van der Waals surface area contributed by atoms with Crippen LogP contribution in [0.2, 0.25) is 0 Å². The normalized spacial score (nSPS) is 21.2. The molecule has 121 heavy (non-hydrogen) atoms. The van der Waals surface area contributed by atoms with Crippen molar-refractivity contribution in [1.82, 2.24) is 37.4 Å². The number of aliphatic hydroxyl groups is 8. The summed E-state index contributed by atoms with van der Waals surface area (Å²) in [5.74, 6) is 4.74. The second kappa shape index (κ2) is 40.0. The number of nitrogens with zero attached hydrogens (tertiary/aromatic N) is 9. The highest BCUT2D eigenvalue weighted by molar-refractivity contribution is 5.90. The van der Waals surface area contributed by atoms with Gasteiger partial charge in [0, 0.05) is 113 Å². The maximum atomic E-state index is 13.6. The summed E-state index contributed by atoms with van der Waals surface area (Å²) < 4.78 is 59.6. The predicted octanol–water partition coefficient (Wildman–Crippen LogP) is 13.7. The van der Waals surface area contributed by atoms with Gasteiger partial charge < -0.3 is 87.2 Å². The van der Waals surface area contributed by atoms with Gasteiger partial charge in [-0.2, -0.15) is 0 Å². The van der Waals surface area contributed by atoms with Crippen molar-refractivity contribution in [3.63, 3.8) is 0 Å². The van der Waals surface area contributed by atoms with Crippen molar-refractivity contribution < 1.29 is 73.5 Å². The van der Waals surface area contributed by atoms with E-state index >= 15 is 0 Å². The summed E-state index contributed by atoms with van der Waals surface area (Å²) in [7, 11) is 0. The lowest BCUT2D eigenvalue weighted by Crippen LogP contribution is -2.34. The van der Waals surface area contributed by atoms with E-state index < -0.39 is 77.7 Å². The van der Waals surface area contributed by atoms with E-state index in [0.29, 0.717) is 35.9 Å². The Morgan fingerprint density at radius 1 is 0.496 bits per heavy atom. The molecule has 10 heterocycles. The molecule has 6 aromatic carbocycles. The first-order valence-electron chi connectivity index (χ1n) is 39.9. The molecule has 6 aromatic heterocycles. The Hall–Kier alpha value is -10.5. The maximum absolute atomic E-state index is 13.6.